The summed E-state index contributed by atoms with van der Waals surface area (Å²) in [5.41, 5.74) is 1.86. The maximum Gasteiger partial charge on any atom is 0.308 e. The smallest absolute Gasteiger partial charge is 0.308 e. The van der Waals surface area contributed by atoms with Crippen molar-refractivity contribution < 1.29 is 9.90 Å². The molecular weight excluding hydrogens is 300 g/mol. The zero-order valence-electron chi connectivity index (χ0n) is 12.7. The molecule has 0 saturated carbocycles. The fraction of sp³-hybridized carbons (Fsp3) is 0.375. The highest BCUT2D eigenvalue weighted by atomic mass is 32.1. The Morgan fingerprint density at radius 1 is 1.32 bits per heavy atom. The maximum atomic E-state index is 12.1. The van der Waals surface area contributed by atoms with Crippen LogP contribution in [0.3, 0.4) is 0 Å². The number of nitrogens with zero attached hydrogens (tertiary/aromatic N) is 1. The second-order valence-electron chi connectivity index (χ2n) is 5.23. The summed E-state index contributed by atoms with van der Waals surface area (Å²) in [5, 5.41) is 12.2. The Labute approximate surface area is 133 Å². The van der Waals surface area contributed by atoms with Gasteiger partial charge in [0, 0.05) is 10.6 Å². The number of rotatable bonds is 6. The van der Waals surface area contributed by atoms with Gasteiger partial charge < -0.3 is 10.4 Å². The summed E-state index contributed by atoms with van der Waals surface area (Å²) < 4.78 is 1.46. The number of aliphatic hydroxyl groups excluding tert-OH is 1. The lowest BCUT2D eigenvalue weighted by molar-refractivity contribution is -0.122. The Bertz CT molecular complexity index is 691. The van der Waals surface area contributed by atoms with Crippen LogP contribution in [-0.2, 0) is 17.8 Å². The molecule has 1 aromatic heterocycles. The van der Waals surface area contributed by atoms with E-state index >= 15 is 0 Å². The van der Waals surface area contributed by atoms with Gasteiger partial charge in [0.15, 0.2) is 0 Å². The first-order chi connectivity index (χ1) is 10.5. The van der Waals surface area contributed by atoms with Crippen molar-refractivity contribution in [1.82, 2.24) is 9.88 Å². The molecule has 6 heteroatoms. The number of carbonyl (C=O) groups excluding carboxylic acids is 1. The van der Waals surface area contributed by atoms with Crippen LogP contribution in [-0.4, -0.2) is 28.2 Å². The molecular formula is C16H20N2O3S. The fourth-order valence-corrected chi connectivity index (χ4v) is 3.08. The summed E-state index contributed by atoms with van der Waals surface area (Å²) in [4.78, 5) is 24.7. The van der Waals surface area contributed by atoms with Crippen LogP contribution in [0.4, 0.5) is 0 Å². The van der Waals surface area contributed by atoms with Crippen LogP contribution in [0.15, 0.2) is 35.1 Å². The molecule has 1 unspecified atom stereocenters. The molecule has 2 N–H and O–H groups in total. The number of aliphatic hydroxyl groups is 1. The molecule has 0 aliphatic rings. The Balaban J connectivity index is 1.99. The van der Waals surface area contributed by atoms with Gasteiger partial charge >= 0.3 is 4.87 Å². The quantitative estimate of drug-likeness (QED) is 0.841. The molecule has 5 nitrogen and oxygen atoms in total. The van der Waals surface area contributed by atoms with E-state index in [1.807, 2.05) is 44.2 Å². The summed E-state index contributed by atoms with van der Waals surface area (Å²) in [6.45, 7) is 3.53. The van der Waals surface area contributed by atoms with Gasteiger partial charge in [-0.05, 0) is 25.8 Å². The predicted octanol–water partition coefficient (Wildman–Crippen LogP) is 1.25. The molecule has 118 valence electrons. The minimum Gasteiger partial charge on any atom is -0.394 e. The number of hydrogen-bond donors (Lipinski definition) is 2. The van der Waals surface area contributed by atoms with E-state index in [1.165, 1.54) is 4.57 Å². The first-order valence-corrected chi connectivity index (χ1v) is 7.94. The summed E-state index contributed by atoms with van der Waals surface area (Å²) in [7, 11) is 0. The highest BCUT2D eigenvalue weighted by Crippen LogP contribution is 2.09. The molecule has 0 spiro atoms. The minimum atomic E-state index is -0.356. The van der Waals surface area contributed by atoms with Gasteiger partial charge in [-0.2, -0.15) is 0 Å². The number of aromatic nitrogens is 1. The molecule has 0 radical (unpaired) electrons. The zero-order chi connectivity index (χ0) is 16.1. The van der Waals surface area contributed by atoms with Crippen molar-refractivity contribution in [3.05, 3.63) is 56.1 Å². The number of nitrogens with one attached hydrogen (secondary N) is 1. The number of amides is 1. The van der Waals surface area contributed by atoms with E-state index in [2.05, 4.69) is 5.32 Å². The Morgan fingerprint density at radius 3 is 2.55 bits per heavy atom. The molecule has 2 rings (SSSR count). The SMILES string of the molecule is Cc1sc(=O)n(CC(=O)NC(CO)Cc2ccccc2)c1C. The standard InChI is InChI=1S/C16H20N2O3S/c1-11-12(2)22-16(21)18(11)9-15(20)17-14(10-19)8-13-6-4-3-5-7-13/h3-7,14,19H,8-10H2,1-2H3,(H,17,20). The van der Waals surface area contributed by atoms with Crippen LogP contribution < -0.4 is 10.2 Å². The average molecular weight is 320 g/mol. The van der Waals surface area contributed by atoms with E-state index < -0.39 is 0 Å². The second kappa shape index (κ2) is 7.38. The van der Waals surface area contributed by atoms with E-state index in [0.717, 1.165) is 27.5 Å². The van der Waals surface area contributed by atoms with Gasteiger partial charge in [0.05, 0.1) is 12.6 Å². The number of carbonyl (C=O) groups is 1. The van der Waals surface area contributed by atoms with Gasteiger partial charge in [0.1, 0.15) is 6.54 Å². The van der Waals surface area contributed by atoms with Crippen molar-refractivity contribution in [3.8, 4) is 0 Å². The molecule has 2 aromatic rings. The topological polar surface area (TPSA) is 71.3 Å². The number of thiazole rings is 1. The van der Waals surface area contributed by atoms with Gasteiger partial charge in [0.2, 0.25) is 5.91 Å². The van der Waals surface area contributed by atoms with Gasteiger partial charge in [-0.15, -0.1) is 0 Å². The van der Waals surface area contributed by atoms with Crippen LogP contribution in [0.25, 0.3) is 0 Å². The highest BCUT2D eigenvalue weighted by molar-refractivity contribution is 7.09. The van der Waals surface area contributed by atoms with E-state index in [-0.39, 0.29) is 30.0 Å². The van der Waals surface area contributed by atoms with Crippen molar-refractivity contribution in [2.45, 2.75) is 32.9 Å². The summed E-state index contributed by atoms with van der Waals surface area (Å²) in [6, 6.07) is 9.30. The van der Waals surface area contributed by atoms with E-state index in [0.29, 0.717) is 6.42 Å². The fourth-order valence-electron chi connectivity index (χ4n) is 2.25. The largest absolute Gasteiger partial charge is 0.394 e. The summed E-state index contributed by atoms with van der Waals surface area (Å²) in [5.74, 6) is -0.266. The van der Waals surface area contributed by atoms with E-state index in [9.17, 15) is 14.7 Å². The molecule has 0 bridgehead atoms. The first-order valence-electron chi connectivity index (χ1n) is 7.12. The minimum absolute atomic E-state index is 0.0136. The average Bonchev–Trinajstić information content (AvgIpc) is 2.74. The van der Waals surface area contributed by atoms with Crippen molar-refractivity contribution in [2.75, 3.05) is 6.61 Å². The molecule has 1 atom stereocenters. The van der Waals surface area contributed by atoms with E-state index in [1.54, 1.807) is 0 Å². The maximum absolute atomic E-state index is 12.1. The Morgan fingerprint density at radius 2 is 2.00 bits per heavy atom. The lowest BCUT2D eigenvalue weighted by Gasteiger charge is -2.17. The van der Waals surface area contributed by atoms with Crippen molar-refractivity contribution in [2.24, 2.45) is 0 Å². The van der Waals surface area contributed by atoms with Crippen LogP contribution in [0.1, 0.15) is 16.1 Å². The van der Waals surface area contributed by atoms with Crippen molar-refractivity contribution in [3.63, 3.8) is 0 Å². The highest BCUT2D eigenvalue weighted by Gasteiger charge is 2.15. The van der Waals surface area contributed by atoms with Crippen molar-refractivity contribution in [1.29, 1.82) is 0 Å². The predicted molar refractivity (Wildman–Crippen MR) is 87.2 cm³/mol. The van der Waals surface area contributed by atoms with Crippen LogP contribution in [0, 0.1) is 13.8 Å². The molecule has 0 aliphatic carbocycles. The van der Waals surface area contributed by atoms with Gasteiger partial charge in [0.25, 0.3) is 0 Å². The van der Waals surface area contributed by atoms with Crippen LogP contribution in [0.2, 0.25) is 0 Å². The molecule has 1 heterocycles. The van der Waals surface area contributed by atoms with Gasteiger partial charge in [-0.25, -0.2) is 0 Å². The third-order valence-corrected chi connectivity index (χ3v) is 4.58. The lowest BCUT2D eigenvalue weighted by Crippen LogP contribution is -2.41. The normalized spacial score (nSPS) is 12.1. The monoisotopic (exact) mass is 320 g/mol. The number of aryl methyl sites for hydroxylation is 1. The van der Waals surface area contributed by atoms with Crippen LogP contribution >= 0.6 is 11.3 Å². The molecule has 0 saturated heterocycles. The van der Waals surface area contributed by atoms with Crippen molar-refractivity contribution >= 4 is 17.2 Å². The Hall–Kier alpha value is -1.92. The van der Waals surface area contributed by atoms with Gasteiger partial charge in [-0.3, -0.25) is 14.2 Å². The third-order valence-electron chi connectivity index (χ3n) is 3.59. The van der Waals surface area contributed by atoms with E-state index in [4.69, 9.17) is 0 Å². The third kappa shape index (κ3) is 4.05. The molecule has 0 aliphatic heterocycles. The summed E-state index contributed by atoms with van der Waals surface area (Å²) in [6.07, 6.45) is 0.555. The molecule has 0 fully saturated rings. The van der Waals surface area contributed by atoms with Gasteiger partial charge in [-0.1, -0.05) is 41.7 Å². The second-order valence-corrected chi connectivity index (χ2v) is 6.40. The molecule has 22 heavy (non-hydrogen) atoms. The number of hydrogen-bond acceptors (Lipinski definition) is 4. The lowest BCUT2D eigenvalue weighted by atomic mass is 10.1. The molecule has 1 amide bonds. The molecule has 1 aromatic carbocycles. The summed E-state index contributed by atoms with van der Waals surface area (Å²) >= 11 is 1.14. The Kier molecular flexibility index (Phi) is 5.51. The number of benzene rings is 1. The first kappa shape index (κ1) is 16.5. The zero-order valence-corrected chi connectivity index (χ0v) is 13.5. The van der Waals surface area contributed by atoms with Crippen LogP contribution in [0.5, 0.6) is 0 Å².